The quantitative estimate of drug-likeness (QED) is 0.746. The Kier molecular flexibility index (Phi) is 4.06. The number of rotatable bonds is 1. The Morgan fingerprint density at radius 1 is 1.18 bits per heavy atom. The topological polar surface area (TPSA) is 20.3 Å². The van der Waals surface area contributed by atoms with Gasteiger partial charge in [0.1, 0.15) is 0 Å². The number of likely N-dealkylation sites (tertiary alicyclic amines) is 1. The zero-order chi connectivity index (χ0) is 12.3. The van der Waals surface area contributed by atoms with Gasteiger partial charge in [-0.25, -0.2) is 0 Å². The molecule has 0 atom stereocenters. The smallest absolute Gasteiger partial charge is 0.254 e. The fourth-order valence-corrected chi connectivity index (χ4v) is 2.46. The third kappa shape index (κ3) is 2.81. The van der Waals surface area contributed by atoms with Crippen molar-refractivity contribution in [3.8, 4) is 0 Å². The van der Waals surface area contributed by atoms with E-state index in [1.54, 1.807) is 0 Å². The molecule has 0 aromatic heterocycles. The summed E-state index contributed by atoms with van der Waals surface area (Å²) in [5.74, 6) is 0.131. The Bertz CT molecular complexity index is 409. The van der Waals surface area contributed by atoms with Gasteiger partial charge in [0.25, 0.3) is 5.91 Å². The number of nitrogens with zero attached hydrogens (tertiary/aromatic N) is 1. The van der Waals surface area contributed by atoms with Crippen LogP contribution >= 0.6 is 11.6 Å². The maximum atomic E-state index is 12.4. The van der Waals surface area contributed by atoms with Crippen molar-refractivity contribution < 1.29 is 4.79 Å². The summed E-state index contributed by atoms with van der Waals surface area (Å²) in [5, 5.41) is 0.672. The van der Waals surface area contributed by atoms with Crippen molar-refractivity contribution >= 4 is 17.5 Å². The van der Waals surface area contributed by atoms with E-state index in [1.807, 2.05) is 30.0 Å². The molecule has 1 saturated heterocycles. The average molecular weight is 252 g/mol. The lowest BCUT2D eigenvalue weighted by Gasteiger charge is -2.21. The summed E-state index contributed by atoms with van der Waals surface area (Å²) in [6.07, 6.45) is 4.70. The number of amides is 1. The predicted molar refractivity (Wildman–Crippen MR) is 70.6 cm³/mol. The number of benzene rings is 1. The molecule has 0 N–H and O–H groups in total. The first-order valence-corrected chi connectivity index (χ1v) is 6.62. The Morgan fingerprint density at radius 3 is 2.47 bits per heavy atom. The van der Waals surface area contributed by atoms with Gasteiger partial charge in [-0.2, -0.15) is 0 Å². The fraction of sp³-hybridized carbons (Fsp3) is 0.500. The highest BCUT2D eigenvalue weighted by molar-refractivity contribution is 6.31. The zero-order valence-corrected chi connectivity index (χ0v) is 11.0. The van der Waals surface area contributed by atoms with Crippen LogP contribution in [0.15, 0.2) is 18.2 Å². The second-order valence-corrected chi connectivity index (χ2v) is 5.03. The fourth-order valence-electron chi connectivity index (χ4n) is 2.28. The molecule has 1 heterocycles. The van der Waals surface area contributed by atoms with Gasteiger partial charge in [-0.15, -0.1) is 0 Å². The van der Waals surface area contributed by atoms with Crippen LogP contribution in [-0.4, -0.2) is 23.9 Å². The van der Waals surface area contributed by atoms with Crippen LogP contribution in [-0.2, 0) is 0 Å². The van der Waals surface area contributed by atoms with Gasteiger partial charge in [0.2, 0.25) is 0 Å². The number of halogens is 1. The van der Waals surface area contributed by atoms with Crippen molar-refractivity contribution in [2.45, 2.75) is 32.6 Å². The van der Waals surface area contributed by atoms with Gasteiger partial charge < -0.3 is 4.90 Å². The molecule has 1 aromatic carbocycles. The molecule has 3 heteroatoms. The second-order valence-electron chi connectivity index (χ2n) is 4.62. The highest BCUT2D eigenvalue weighted by Crippen LogP contribution is 2.21. The lowest BCUT2D eigenvalue weighted by molar-refractivity contribution is 0.0761. The Balaban J connectivity index is 2.20. The Labute approximate surface area is 108 Å². The van der Waals surface area contributed by atoms with E-state index in [2.05, 4.69) is 0 Å². The maximum Gasteiger partial charge on any atom is 0.254 e. The van der Waals surface area contributed by atoms with Gasteiger partial charge >= 0.3 is 0 Å². The average Bonchev–Trinajstić information content (AvgIpc) is 2.60. The second kappa shape index (κ2) is 5.54. The summed E-state index contributed by atoms with van der Waals surface area (Å²) in [4.78, 5) is 14.4. The third-order valence-electron chi connectivity index (χ3n) is 3.39. The SMILES string of the molecule is Cc1c(Cl)cccc1C(=O)N1CCCCCC1. The summed E-state index contributed by atoms with van der Waals surface area (Å²) in [5.41, 5.74) is 1.64. The molecule has 0 bridgehead atoms. The van der Waals surface area contributed by atoms with E-state index in [9.17, 15) is 4.79 Å². The molecule has 1 aromatic rings. The molecular weight excluding hydrogens is 234 g/mol. The minimum absolute atomic E-state index is 0.131. The molecular formula is C14H18ClNO. The van der Waals surface area contributed by atoms with Crippen molar-refractivity contribution in [1.29, 1.82) is 0 Å². The van der Waals surface area contributed by atoms with E-state index in [0.717, 1.165) is 37.1 Å². The molecule has 0 spiro atoms. The highest BCUT2D eigenvalue weighted by Gasteiger charge is 2.19. The number of hydrogen-bond acceptors (Lipinski definition) is 1. The number of carbonyl (C=O) groups excluding carboxylic acids is 1. The third-order valence-corrected chi connectivity index (χ3v) is 3.80. The molecule has 0 radical (unpaired) electrons. The van der Waals surface area contributed by atoms with E-state index in [1.165, 1.54) is 12.8 Å². The molecule has 1 amide bonds. The van der Waals surface area contributed by atoms with Crippen LogP contribution in [0.2, 0.25) is 5.02 Å². The van der Waals surface area contributed by atoms with Crippen LogP contribution < -0.4 is 0 Å². The van der Waals surface area contributed by atoms with Crippen molar-refractivity contribution in [2.24, 2.45) is 0 Å². The van der Waals surface area contributed by atoms with Crippen LogP contribution in [0.4, 0.5) is 0 Å². The van der Waals surface area contributed by atoms with Crippen LogP contribution in [0.1, 0.15) is 41.6 Å². The minimum Gasteiger partial charge on any atom is -0.339 e. The zero-order valence-electron chi connectivity index (χ0n) is 10.2. The molecule has 0 saturated carbocycles. The van der Waals surface area contributed by atoms with Gasteiger partial charge in [-0.3, -0.25) is 4.79 Å². The molecule has 1 aliphatic heterocycles. The molecule has 0 unspecified atom stereocenters. The summed E-state index contributed by atoms with van der Waals surface area (Å²) in [7, 11) is 0. The van der Waals surface area contributed by atoms with Crippen molar-refractivity contribution in [2.75, 3.05) is 13.1 Å². The standard InChI is InChI=1S/C14H18ClNO/c1-11-12(7-6-8-13(11)15)14(17)16-9-4-2-3-5-10-16/h6-8H,2-5,9-10H2,1H3. The normalized spacial score (nSPS) is 16.7. The van der Waals surface area contributed by atoms with E-state index in [4.69, 9.17) is 11.6 Å². The van der Waals surface area contributed by atoms with Crippen molar-refractivity contribution in [3.05, 3.63) is 34.3 Å². The van der Waals surface area contributed by atoms with Crippen LogP contribution in [0.5, 0.6) is 0 Å². The minimum atomic E-state index is 0.131. The highest BCUT2D eigenvalue weighted by atomic mass is 35.5. The molecule has 92 valence electrons. The van der Waals surface area contributed by atoms with Gasteiger partial charge in [-0.1, -0.05) is 30.5 Å². The maximum absolute atomic E-state index is 12.4. The first-order chi connectivity index (χ1) is 8.20. The summed E-state index contributed by atoms with van der Waals surface area (Å²) in [6, 6.07) is 5.55. The largest absolute Gasteiger partial charge is 0.339 e. The molecule has 1 fully saturated rings. The monoisotopic (exact) mass is 251 g/mol. The van der Waals surface area contributed by atoms with Gasteiger partial charge in [-0.05, 0) is 37.5 Å². The lowest BCUT2D eigenvalue weighted by Crippen LogP contribution is -2.32. The molecule has 17 heavy (non-hydrogen) atoms. The Hall–Kier alpha value is -1.02. The molecule has 1 aliphatic rings. The molecule has 0 aliphatic carbocycles. The van der Waals surface area contributed by atoms with E-state index in [-0.39, 0.29) is 5.91 Å². The summed E-state index contributed by atoms with van der Waals surface area (Å²) in [6.45, 7) is 3.67. The van der Waals surface area contributed by atoms with Crippen LogP contribution in [0.3, 0.4) is 0 Å². The lowest BCUT2D eigenvalue weighted by atomic mass is 10.1. The van der Waals surface area contributed by atoms with Crippen molar-refractivity contribution in [1.82, 2.24) is 4.90 Å². The summed E-state index contributed by atoms with van der Waals surface area (Å²) >= 11 is 6.06. The molecule has 2 rings (SSSR count). The summed E-state index contributed by atoms with van der Waals surface area (Å²) < 4.78 is 0. The number of carbonyl (C=O) groups is 1. The number of hydrogen-bond donors (Lipinski definition) is 0. The van der Waals surface area contributed by atoms with E-state index < -0.39 is 0 Å². The first kappa shape index (κ1) is 12.4. The van der Waals surface area contributed by atoms with Crippen molar-refractivity contribution in [3.63, 3.8) is 0 Å². The Morgan fingerprint density at radius 2 is 1.82 bits per heavy atom. The van der Waals surface area contributed by atoms with Gasteiger partial charge in [0, 0.05) is 23.7 Å². The van der Waals surface area contributed by atoms with Gasteiger partial charge in [0.15, 0.2) is 0 Å². The van der Waals surface area contributed by atoms with Crippen LogP contribution in [0.25, 0.3) is 0 Å². The van der Waals surface area contributed by atoms with E-state index >= 15 is 0 Å². The molecule has 2 nitrogen and oxygen atoms in total. The van der Waals surface area contributed by atoms with Gasteiger partial charge in [0.05, 0.1) is 0 Å². The first-order valence-electron chi connectivity index (χ1n) is 6.24. The predicted octanol–water partition coefficient (Wildman–Crippen LogP) is 3.66. The van der Waals surface area contributed by atoms with Crippen LogP contribution in [0, 0.1) is 6.92 Å². The van der Waals surface area contributed by atoms with E-state index in [0.29, 0.717) is 5.02 Å².